The summed E-state index contributed by atoms with van der Waals surface area (Å²) in [4.78, 5) is 23.4. The largest absolute Gasteiger partial charge is 0.488 e. The minimum atomic E-state index is -0.405. The van der Waals surface area contributed by atoms with Gasteiger partial charge in [-0.05, 0) is 60.2 Å². The van der Waals surface area contributed by atoms with E-state index in [0.29, 0.717) is 39.8 Å². The van der Waals surface area contributed by atoms with Crippen molar-refractivity contribution in [2.75, 3.05) is 5.32 Å². The lowest BCUT2D eigenvalue weighted by molar-refractivity contribution is -0.114. The average Bonchev–Trinajstić information content (AvgIpc) is 2.79. The number of carbonyl (C=O) groups is 2. The molecule has 160 valence electrons. The first-order valence-corrected chi connectivity index (χ1v) is 9.95. The Balaban J connectivity index is 1.64. The van der Waals surface area contributed by atoms with Crippen molar-refractivity contribution in [3.05, 3.63) is 94.0 Å². The number of nitrogens with one attached hydrogen (secondary N) is 2. The van der Waals surface area contributed by atoms with Gasteiger partial charge in [0.05, 0.1) is 17.8 Å². The van der Waals surface area contributed by atoms with Gasteiger partial charge in [-0.25, -0.2) is 5.43 Å². The van der Waals surface area contributed by atoms with Gasteiger partial charge in [0.15, 0.2) is 0 Å². The third kappa shape index (κ3) is 6.42. The van der Waals surface area contributed by atoms with E-state index in [1.54, 1.807) is 54.6 Å². The maximum absolute atomic E-state index is 12.3. The van der Waals surface area contributed by atoms with Crippen LogP contribution in [0.5, 0.6) is 5.75 Å². The van der Waals surface area contributed by atoms with Gasteiger partial charge in [0.2, 0.25) is 5.91 Å². The molecule has 0 unspecified atom stereocenters. The summed E-state index contributed by atoms with van der Waals surface area (Å²) in [7, 11) is 0. The molecule has 0 aliphatic heterocycles. The van der Waals surface area contributed by atoms with Crippen LogP contribution in [0.25, 0.3) is 0 Å². The Morgan fingerprint density at radius 1 is 1.09 bits per heavy atom. The van der Waals surface area contributed by atoms with Crippen molar-refractivity contribution < 1.29 is 14.3 Å². The van der Waals surface area contributed by atoms with E-state index in [9.17, 15) is 9.59 Å². The second kappa shape index (κ2) is 10.8. The smallest absolute Gasteiger partial charge is 0.271 e. The molecule has 3 rings (SSSR count). The highest BCUT2D eigenvalue weighted by Gasteiger charge is 2.07. The van der Waals surface area contributed by atoms with E-state index < -0.39 is 5.91 Å². The summed E-state index contributed by atoms with van der Waals surface area (Å²) in [5.41, 5.74) is 5.51. The van der Waals surface area contributed by atoms with Gasteiger partial charge in [-0.3, -0.25) is 9.59 Å². The second-order valence-corrected chi connectivity index (χ2v) is 7.17. The van der Waals surface area contributed by atoms with Crippen LogP contribution in [-0.2, 0) is 11.4 Å². The van der Waals surface area contributed by atoms with Crippen LogP contribution in [-0.4, -0.2) is 18.0 Å². The van der Waals surface area contributed by atoms with Crippen molar-refractivity contribution in [3.63, 3.8) is 0 Å². The van der Waals surface area contributed by atoms with E-state index in [1.807, 2.05) is 12.1 Å². The molecule has 0 aliphatic rings. The SMILES string of the molecule is CC(=O)Nc1ccc(C(=O)N/N=C\c2cc(Cl)ccc2OCc2ccc(C#N)cc2)cc1. The zero-order chi connectivity index (χ0) is 22.9. The Hall–Kier alpha value is -4.15. The molecule has 0 saturated heterocycles. The Morgan fingerprint density at radius 2 is 1.81 bits per heavy atom. The van der Waals surface area contributed by atoms with Crippen molar-refractivity contribution in [1.82, 2.24) is 5.43 Å². The third-order valence-corrected chi connectivity index (χ3v) is 4.52. The van der Waals surface area contributed by atoms with E-state index in [4.69, 9.17) is 21.6 Å². The monoisotopic (exact) mass is 446 g/mol. The zero-order valence-corrected chi connectivity index (χ0v) is 17.9. The van der Waals surface area contributed by atoms with Crippen molar-refractivity contribution in [2.45, 2.75) is 13.5 Å². The summed E-state index contributed by atoms with van der Waals surface area (Å²) in [5, 5.41) is 16.0. The molecule has 2 N–H and O–H groups in total. The minimum absolute atomic E-state index is 0.189. The number of anilines is 1. The summed E-state index contributed by atoms with van der Waals surface area (Å²) in [5.74, 6) is -0.0559. The van der Waals surface area contributed by atoms with Gasteiger partial charge >= 0.3 is 0 Å². The van der Waals surface area contributed by atoms with Crippen molar-refractivity contribution in [2.24, 2.45) is 5.10 Å². The Labute approximate surface area is 190 Å². The van der Waals surface area contributed by atoms with E-state index >= 15 is 0 Å². The summed E-state index contributed by atoms with van der Waals surface area (Å²) in [6, 6.07) is 20.7. The molecule has 0 saturated carbocycles. The van der Waals surface area contributed by atoms with E-state index in [0.717, 1.165) is 5.56 Å². The average molecular weight is 447 g/mol. The highest BCUT2D eigenvalue weighted by atomic mass is 35.5. The first kappa shape index (κ1) is 22.5. The highest BCUT2D eigenvalue weighted by molar-refractivity contribution is 6.30. The summed E-state index contributed by atoms with van der Waals surface area (Å²) >= 11 is 6.09. The number of ether oxygens (including phenoxy) is 1. The standard InChI is InChI=1S/C24H19ClN4O3/c1-16(30)28-22-9-6-19(7-10-22)24(31)29-27-14-20-12-21(25)8-11-23(20)32-15-18-4-2-17(13-26)3-5-18/h2-12,14H,15H2,1H3,(H,28,30)(H,29,31)/b27-14-. The van der Waals surface area contributed by atoms with Crippen LogP contribution in [0, 0.1) is 11.3 Å². The number of rotatable bonds is 7. The number of hydrogen-bond acceptors (Lipinski definition) is 5. The van der Waals surface area contributed by atoms with Gasteiger partial charge in [0.1, 0.15) is 12.4 Å². The third-order valence-electron chi connectivity index (χ3n) is 4.29. The van der Waals surface area contributed by atoms with Crippen molar-refractivity contribution in [1.29, 1.82) is 5.26 Å². The molecule has 8 heteroatoms. The molecule has 0 atom stereocenters. The number of nitrogens with zero attached hydrogens (tertiary/aromatic N) is 2. The van der Waals surface area contributed by atoms with E-state index in [2.05, 4.69) is 21.9 Å². The van der Waals surface area contributed by atoms with Crippen LogP contribution in [0.1, 0.15) is 34.0 Å². The molecule has 0 fully saturated rings. The van der Waals surface area contributed by atoms with Gasteiger partial charge in [0, 0.05) is 28.8 Å². The first-order chi connectivity index (χ1) is 15.4. The Morgan fingerprint density at radius 3 is 2.47 bits per heavy atom. The molecule has 2 amide bonds. The Bertz CT molecular complexity index is 1180. The number of halogens is 1. The number of carbonyl (C=O) groups excluding carboxylic acids is 2. The van der Waals surface area contributed by atoms with Crippen LogP contribution < -0.4 is 15.5 Å². The van der Waals surface area contributed by atoms with Crippen molar-refractivity contribution >= 4 is 35.3 Å². The van der Waals surface area contributed by atoms with Crippen LogP contribution in [0.2, 0.25) is 5.02 Å². The fourth-order valence-corrected chi connectivity index (χ4v) is 2.90. The molecule has 0 bridgehead atoms. The lowest BCUT2D eigenvalue weighted by atomic mass is 10.1. The molecule has 0 radical (unpaired) electrons. The normalized spacial score (nSPS) is 10.4. The lowest BCUT2D eigenvalue weighted by Crippen LogP contribution is -2.17. The molecule has 7 nitrogen and oxygen atoms in total. The molecule has 0 heterocycles. The topological polar surface area (TPSA) is 104 Å². The first-order valence-electron chi connectivity index (χ1n) is 9.57. The van der Waals surface area contributed by atoms with Crippen LogP contribution in [0.15, 0.2) is 71.8 Å². The number of nitriles is 1. The molecular weight excluding hydrogens is 428 g/mol. The number of benzene rings is 3. The van der Waals surface area contributed by atoms with Crippen LogP contribution in [0.4, 0.5) is 5.69 Å². The quantitative estimate of drug-likeness (QED) is 0.411. The van der Waals surface area contributed by atoms with Crippen LogP contribution >= 0.6 is 11.6 Å². The molecule has 3 aromatic carbocycles. The maximum Gasteiger partial charge on any atom is 0.271 e. The predicted molar refractivity (Wildman–Crippen MR) is 123 cm³/mol. The number of hydrazone groups is 1. The van der Waals surface area contributed by atoms with Gasteiger partial charge in [-0.2, -0.15) is 10.4 Å². The minimum Gasteiger partial charge on any atom is -0.488 e. The van der Waals surface area contributed by atoms with E-state index in [-0.39, 0.29) is 5.91 Å². The van der Waals surface area contributed by atoms with Gasteiger partial charge in [-0.15, -0.1) is 0 Å². The number of amides is 2. The second-order valence-electron chi connectivity index (χ2n) is 6.74. The molecule has 3 aromatic rings. The summed E-state index contributed by atoms with van der Waals surface area (Å²) in [6.45, 7) is 1.70. The van der Waals surface area contributed by atoms with Gasteiger partial charge < -0.3 is 10.1 Å². The number of hydrogen-bond donors (Lipinski definition) is 2. The van der Waals surface area contributed by atoms with Crippen LogP contribution in [0.3, 0.4) is 0 Å². The molecule has 32 heavy (non-hydrogen) atoms. The lowest BCUT2D eigenvalue weighted by Gasteiger charge is -2.10. The maximum atomic E-state index is 12.3. The zero-order valence-electron chi connectivity index (χ0n) is 17.1. The van der Waals surface area contributed by atoms with Gasteiger partial charge in [-0.1, -0.05) is 23.7 Å². The fraction of sp³-hybridized carbons (Fsp3) is 0.0833. The predicted octanol–water partition coefficient (Wildman–Crippen LogP) is 4.51. The molecule has 0 aliphatic carbocycles. The summed E-state index contributed by atoms with van der Waals surface area (Å²) < 4.78 is 5.86. The van der Waals surface area contributed by atoms with Crippen molar-refractivity contribution in [3.8, 4) is 11.8 Å². The Kier molecular flexibility index (Phi) is 7.57. The highest BCUT2D eigenvalue weighted by Crippen LogP contribution is 2.22. The molecular formula is C24H19ClN4O3. The van der Waals surface area contributed by atoms with E-state index in [1.165, 1.54) is 13.1 Å². The van der Waals surface area contributed by atoms with Gasteiger partial charge in [0.25, 0.3) is 5.91 Å². The molecule has 0 spiro atoms. The summed E-state index contributed by atoms with van der Waals surface area (Å²) in [6.07, 6.45) is 1.45. The fourth-order valence-electron chi connectivity index (χ4n) is 2.72. The molecule has 0 aromatic heterocycles.